The molecule has 188 valence electrons. The van der Waals surface area contributed by atoms with Gasteiger partial charge in [-0.2, -0.15) is 0 Å². The second kappa shape index (κ2) is 9.57. The molecule has 0 saturated heterocycles. The Balaban J connectivity index is 1.46. The summed E-state index contributed by atoms with van der Waals surface area (Å²) in [5.74, 6) is 5.91. The number of allylic oxidation sites excluding steroid dienone is 1. The number of hydrogen-bond acceptors (Lipinski definition) is 2. The number of fused-ring (bicyclic) bond motifs is 5. The van der Waals surface area contributed by atoms with Crippen LogP contribution < -0.4 is 0 Å². The predicted molar refractivity (Wildman–Crippen MR) is 135 cm³/mol. The van der Waals surface area contributed by atoms with Crippen LogP contribution >= 0.6 is 0 Å². The Hall–Kier alpha value is -0.990. The molecule has 0 unspecified atom stereocenters. The van der Waals surface area contributed by atoms with Crippen molar-refractivity contribution in [3.05, 3.63) is 11.6 Å². The zero-order valence-corrected chi connectivity index (χ0v) is 22.2. The second-order valence-corrected chi connectivity index (χ2v) is 13.2. The topological polar surface area (TPSA) is 46.5 Å². The van der Waals surface area contributed by atoms with Gasteiger partial charge < -0.3 is 9.84 Å². The summed E-state index contributed by atoms with van der Waals surface area (Å²) in [7, 11) is 0. The van der Waals surface area contributed by atoms with Crippen molar-refractivity contribution in [3.8, 4) is 0 Å². The molecule has 4 aliphatic carbocycles. The summed E-state index contributed by atoms with van der Waals surface area (Å²) in [6.07, 6.45) is 15.0. The largest absolute Gasteiger partial charge is 0.506 e. The van der Waals surface area contributed by atoms with Crippen LogP contribution in [0, 0.1) is 52.3 Å². The van der Waals surface area contributed by atoms with E-state index < -0.39 is 6.16 Å². The summed E-state index contributed by atoms with van der Waals surface area (Å²) < 4.78 is 5.19. The number of ether oxygens (including phenoxy) is 1. The van der Waals surface area contributed by atoms with Crippen LogP contribution in [0.15, 0.2) is 11.6 Å². The van der Waals surface area contributed by atoms with Gasteiger partial charge in [-0.15, -0.1) is 0 Å². The molecule has 4 rings (SSSR count). The molecule has 0 radical (unpaired) electrons. The third-order valence-corrected chi connectivity index (χ3v) is 11.5. The minimum absolute atomic E-state index is 0.137. The van der Waals surface area contributed by atoms with Crippen LogP contribution in [-0.2, 0) is 4.74 Å². The predicted octanol–water partition coefficient (Wildman–Crippen LogP) is 8.73. The van der Waals surface area contributed by atoms with Crippen LogP contribution in [0.25, 0.3) is 0 Å². The van der Waals surface area contributed by atoms with Gasteiger partial charge in [0.2, 0.25) is 0 Å². The Bertz CT molecular complexity index is 741. The Kier molecular flexibility index (Phi) is 7.29. The van der Waals surface area contributed by atoms with Gasteiger partial charge in [-0.3, -0.25) is 0 Å². The van der Waals surface area contributed by atoms with Crippen LogP contribution in [0.4, 0.5) is 4.79 Å². The van der Waals surface area contributed by atoms with Crippen LogP contribution in [-0.4, -0.2) is 17.4 Å². The third kappa shape index (κ3) is 4.52. The molecule has 3 fully saturated rings. The molecular weight excluding hydrogens is 408 g/mol. The van der Waals surface area contributed by atoms with Crippen molar-refractivity contribution in [2.45, 2.75) is 118 Å². The average Bonchev–Trinajstić information content (AvgIpc) is 3.11. The van der Waals surface area contributed by atoms with E-state index in [0.29, 0.717) is 5.41 Å². The highest BCUT2D eigenvalue weighted by Gasteiger charge is 2.59. The Morgan fingerprint density at radius 1 is 1.09 bits per heavy atom. The van der Waals surface area contributed by atoms with E-state index in [2.05, 4.69) is 47.6 Å². The highest BCUT2D eigenvalue weighted by molar-refractivity contribution is 5.57. The Morgan fingerprint density at radius 3 is 2.52 bits per heavy atom. The highest BCUT2D eigenvalue weighted by atomic mass is 16.7. The molecule has 0 aromatic heterocycles. The number of carbonyl (C=O) groups is 1. The number of hydrogen-bond donors (Lipinski definition) is 1. The molecule has 0 aromatic carbocycles. The zero-order chi connectivity index (χ0) is 24.0. The second-order valence-electron chi connectivity index (χ2n) is 13.2. The van der Waals surface area contributed by atoms with Crippen LogP contribution in [0.3, 0.4) is 0 Å². The summed E-state index contributed by atoms with van der Waals surface area (Å²) in [5.41, 5.74) is 2.29. The van der Waals surface area contributed by atoms with Crippen molar-refractivity contribution in [3.63, 3.8) is 0 Å². The first-order valence-electron chi connectivity index (χ1n) is 14.2. The summed E-state index contributed by atoms with van der Waals surface area (Å²) in [6, 6.07) is 0. The average molecular weight is 459 g/mol. The SMILES string of the molecule is CC[C@H](CC[C@@H](C)[C@H]1CC[C@H]2[C@@H]3CC=C4C[C@@H](OC(=O)O)CC[C@]4(C)[C@H]3CC[C@]12C)C(C)C. The van der Waals surface area contributed by atoms with Crippen molar-refractivity contribution < 1.29 is 14.6 Å². The van der Waals surface area contributed by atoms with E-state index in [1.807, 2.05) is 0 Å². The number of rotatable bonds is 7. The van der Waals surface area contributed by atoms with E-state index in [-0.39, 0.29) is 11.5 Å². The first kappa shape index (κ1) is 25.1. The molecule has 3 nitrogen and oxygen atoms in total. The van der Waals surface area contributed by atoms with Gasteiger partial charge in [0.05, 0.1) is 0 Å². The summed E-state index contributed by atoms with van der Waals surface area (Å²) in [6.45, 7) is 14.9. The van der Waals surface area contributed by atoms with Crippen LogP contribution in [0.5, 0.6) is 0 Å². The molecule has 3 heteroatoms. The van der Waals surface area contributed by atoms with Gasteiger partial charge in [0, 0.05) is 6.42 Å². The van der Waals surface area contributed by atoms with Crippen LogP contribution in [0.1, 0.15) is 112 Å². The maximum absolute atomic E-state index is 11.1. The summed E-state index contributed by atoms with van der Waals surface area (Å²) in [4.78, 5) is 11.1. The molecule has 0 bridgehead atoms. The van der Waals surface area contributed by atoms with Crippen molar-refractivity contribution in [1.82, 2.24) is 0 Å². The molecule has 0 aliphatic heterocycles. The maximum Gasteiger partial charge on any atom is 0.506 e. The summed E-state index contributed by atoms with van der Waals surface area (Å²) >= 11 is 0. The van der Waals surface area contributed by atoms with Crippen molar-refractivity contribution in [1.29, 1.82) is 0 Å². The number of carboxylic acid groups (broad SMARTS) is 1. The smallest absolute Gasteiger partial charge is 0.450 e. The minimum Gasteiger partial charge on any atom is -0.450 e. The summed E-state index contributed by atoms with van der Waals surface area (Å²) in [5, 5.41) is 9.08. The molecule has 0 spiro atoms. The van der Waals surface area contributed by atoms with E-state index in [0.717, 1.165) is 60.7 Å². The lowest BCUT2D eigenvalue weighted by Crippen LogP contribution is -2.51. The Labute approximate surface area is 203 Å². The van der Waals surface area contributed by atoms with Crippen molar-refractivity contribution >= 4 is 6.16 Å². The fraction of sp³-hybridized carbons (Fsp3) is 0.900. The van der Waals surface area contributed by atoms with Crippen molar-refractivity contribution in [2.75, 3.05) is 0 Å². The van der Waals surface area contributed by atoms with Crippen molar-refractivity contribution in [2.24, 2.45) is 52.3 Å². The van der Waals surface area contributed by atoms with Gasteiger partial charge in [0.25, 0.3) is 0 Å². The molecule has 0 aromatic rings. The lowest BCUT2D eigenvalue weighted by molar-refractivity contribution is -0.0603. The molecule has 33 heavy (non-hydrogen) atoms. The monoisotopic (exact) mass is 458 g/mol. The fourth-order valence-electron chi connectivity index (χ4n) is 9.53. The van der Waals surface area contributed by atoms with Gasteiger partial charge in [-0.1, -0.05) is 66.0 Å². The first-order chi connectivity index (χ1) is 15.6. The van der Waals surface area contributed by atoms with Gasteiger partial charge in [0.1, 0.15) is 6.10 Å². The van der Waals surface area contributed by atoms with E-state index in [1.165, 1.54) is 56.9 Å². The zero-order valence-electron chi connectivity index (χ0n) is 22.2. The minimum atomic E-state index is -1.11. The lowest BCUT2D eigenvalue weighted by atomic mass is 9.47. The van der Waals surface area contributed by atoms with E-state index in [4.69, 9.17) is 9.84 Å². The van der Waals surface area contributed by atoms with Gasteiger partial charge in [-0.05, 0) is 104 Å². The third-order valence-electron chi connectivity index (χ3n) is 11.5. The first-order valence-corrected chi connectivity index (χ1v) is 14.2. The van der Waals surface area contributed by atoms with Gasteiger partial charge in [0.15, 0.2) is 0 Å². The Morgan fingerprint density at radius 2 is 1.85 bits per heavy atom. The van der Waals surface area contributed by atoms with Crippen LogP contribution in [0.2, 0.25) is 0 Å². The standard InChI is InChI=1S/C30H50O3/c1-7-21(19(2)3)9-8-20(4)25-12-13-26-24-11-10-22-18-23(33-28(31)32)14-16-29(22,5)27(24)15-17-30(25,26)6/h10,19-21,23-27H,7-9,11-18H2,1-6H3,(H,31,32)/t20-,21-,23+,24+,25-,26+,27+,29+,30-/m1/s1. The fourth-order valence-corrected chi connectivity index (χ4v) is 9.53. The van der Waals surface area contributed by atoms with E-state index in [1.54, 1.807) is 0 Å². The molecule has 0 amide bonds. The molecule has 1 N–H and O–H groups in total. The molecule has 4 aliphatic rings. The highest BCUT2D eigenvalue weighted by Crippen LogP contribution is 2.67. The molecule has 3 saturated carbocycles. The van der Waals surface area contributed by atoms with Gasteiger partial charge in [-0.25, -0.2) is 4.79 Å². The molecular formula is C30H50O3. The van der Waals surface area contributed by atoms with E-state index in [9.17, 15) is 4.79 Å². The van der Waals surface area contributed by atoms with Gasteiger partial charge >= 0.3 is 6.16 Å². The quantitative estimate of drug-likeness (QED) is 0.306. The molecule has 0 heterocycles. The maximum atomic E-state index is 11.1. The molecule has 9 atom stereocenters. The van der Waals surface area contributed by atoms with E-state index >= 15 is 0 Å². The normalized spacial score (nSPS) is 42.0. The lowest BCUT2D eigenvalue weighted by Gasteiger charge is -2.58.